The smallest absolute Gasteiger partial charge is 0.300 e. The van der Waals surface area contributed by atoms with Gasteiger partial charge in [-0.15, -0.1) is 0 Å². The summed E-state index contributed by atoms with van der Waals surface area (Å²) in [7, 11) is 0. The second-order valence-corrected chi connectivity index (χ2v) is 9.85. The summed E-state index contributed by atoms with van der Waals surface area (Å²) in [6.07, 6.45) is 5.92. The predicted molar refractivity (Wildman–Crippen MR) is 147 cm³/mol. The molecule has 10 heteroatoms. The highest BCUT2D eigenvalue weighted by Gasteiger charge is 2.45. The SMILES string of the molecule is CC(=O)O.CC(C)c1ccc(C2C(=C(O)c3ccc4c(c3)OCCO4)C(=O)C(=O)N2CCCn2ccnc2)cc1. The number of carbonyl (C=O) groups is 3. The van der Waals surface area contributed by atoms with Crippen LogP contribution in [0.3, 0.4) is 0 Å². The molecule has 3 heterocycles. The number of likely N-dealkylation sites (tertiary alicyclic amines) is 1. The van der Waals surface area contributed by atoms with E-state index in [2.05, 4.69) is 18.8 Å². The van der Waals surface area contributed by atoms with Crippen LogP contribution < -0.4 is 9.47 Å². The third-order valence-corrected chi connectivity index (χ3v) is 6.65. The summed E-state index contributed by atoms with van der Waals surface area (Å²) in [5.74, 6) is -0.935. The van der Waals surface area contributed by atoms with E-state index in [-0.39, 0.29) is 11.3 Å². The first-order valence-electron chi connectivity index (χ1n) is 13.1. The minimum atomic E-state index is -0.833. The van der Waals surface area contributed by atoms with Crippen molar-refractivity contribution in [3.8, 4) is 11.5 Å². The van der Waals surface area contributed by atoms with Gasteiger partial charge in [-0.3, -0.25) is 14.4 Å². The number of aromatic nitrogens is 2. The Bertz CT molecular complexity index is 1390. The molecule has 0 radical (unpaired) electrons. The monoisotopic (exact) mass is 547 g/mol. The molecule has 10 nitrogen and oxygen atoms in total. The maximum atomic E-state index is 13.3. The lowest BCUT2D eigenvalue weighted by Gasteiger charge is -2.26. The number of aliphatic carboxylic acids is 1. The van der Waals surface area contributed by atoms with Crippen molar-refractivity contribution in [2.24, 2.45) is 0 Å². The molecule has 2 N–H and O–H groups in total. The number of nitrogens with zero attached hydrogens (tertiary/aromatic N) is 3. The number of ketones is 1. The zero-order valence-corrected chi connectivity index (χ0v) is 22.7. The largest absolute Gasteiger partial charge is 0.507 e. The number of carboxylic acids is 1. The maximum Gasteiger partial charge on any atom is 0.300 e. The van der Waals surface area contributed by atoms with Gasteiger partial charge in [-0.25, -0.2) is 4.98 Å². The van der Waals surface area contributed by atoms with Crippen LogP contribution >= 0.6 is 0 Å². The molecule has 0 bridgehead atoms. The average molecular weight is 548 g/mol. The fraction of sp³-hybridized carbons (Fsp3) is 0.333. The number of fused-ring (bicyclic) bond motifs is 1. The Kier molecular flexibility index (Phi) is 8.88. The molecule has 1 unspecified atom stereocenters. The first kappa shape index (κ1) is 28.4. The number of carbonyl (C=O) groups excluding carboxylic acids is 2. The van der Waals surface area contributed by atoms with Gasteiger partial charge in [-0.1, -0.05) is 38.1 Å². The summed E-state index contributed by atoms with van der Waals surface area (Å²) in [6.45, 7) is 7.18. The quantitative estimate of drug-likeness (QED) is 0.253. The molecule has 5 rings (SSSR count). The van der Waals surface area contributed by atoms with Crippen LogP contribution in [0.4, 0.5) is 0 Å². The van der Waals surface area contributed by atoms with Crippen LogP contribution in [0.15, 0.2) is 66.8 Å². The van der Waals surface area contributed by atoms with Crippen LogP contribution in [0.2, 0.25) is 0 Å². The lowest BCUT2D eigenvalue weighted by molar-refractivity contribution is -0.140. The Morgan fingerprint density at radius 2 is 1.70 bits per heavy atom. The number of ether oxygens (including phenoxy) is 2. The number of Topliss-reactive ketones (excluding diaryl/α,β-unsaturated/α-hetero) is 1. The third-order valence-electron chi connectivity index (χ3n) is 6.65. The molecule has 210 valence electrons. The van der Waals surface area contributed by atoms with Crippen molar-refractivity contribution in [2.45, 2.75) is 45.7 Å². The molecule has 0 aliphatic carbocycles. The van der Waals surface area contributed by atoms with Gasteiger partial charge in [0.15, 0.2) is 11.5 Å². The highest BCUT2D eigenvalue weighted by atomic mass is 16.6. The summed E-state index contributed by atoms with van der Waals surface area (Å²) in [5.41, 5.74) is 2.42. The molecule has 1 aromatic heterocycles. The van der Waals surface area contributed by atoms with E-state index in [0.717, 1.165) is 18.1 Å². The van der Waals surface area contributed by atoms with Crippen molar-refractivity contribution in [1.29, 1.82) is 0 Å². The second kappa shape index (κ2) is 12.5. The van der Waals surface area contributed by atoms with Gasteiger partial charge in [0.05, 0.1) is 17.9 Å². The molecule has 2 aromatic carbocycles. The summed E-state index contributed by atoms with van der Waals surface area (Å²) in [5, 5.41) is 18.8. The summed E-state index contributed by atoms with van der Waals surface area (Å²) in [6, 6.07) is 12.2. The second-order valence-electron chi connectivity index (χ2n) is 9.85. The summed E-state index contributed by atoms with van der Waals surface area (Å²) in [4.78, 5) is 41.1. The van der Waals surface area contributed by atoms with Crippen LogP contribution in [0.1, 0.15) is 55.8 Å². The Balaban J connectivity index is 0.000000867. The molecule has 40 heavy (non-hydrogen) atoms. The standard InChI is InChI=1S/C28H29N3O5.C2H4O2/c1-18(2)19-4-6-20(7-5-19)25-24(26(32)21-8-9-22-23(16-21)36-15-14-35-22)27(33)28(34)31(25)12-3-11-30-13-10-29-17-30;1-2(3)4/h4-10,13,16-18,25,32H,3,11-12,14-15H2,1-2H3;1H3,(H,3,4). The molecule has 0 spiro atoms. The van der Waals surface area contributed by atoms with Crippen molar-refractivity contribution >= 4 is 23.4 Å². The number of benzene rings is 2. The van der Waals surface area contributed by atoms with Crippen molar-refractivity contribution in [1.82, 2.24) is 14.5 Å². The number of aliphatic hydroxyl groups is 1. The van der Waals surface area contributed by atoms with E-state index in [1.54, 1.807) is 35.6 Å². The third kappa shape index (κ3) is 6.33. The number of hydrogen-bond donors (Lipinski definition) is 2. The van der Waals surface area contributed by atoms with Crippen LogP contribution in [0.25, 0.3) is 5.76 Å². The van der Waals surface area contributed by atoms with Gasteiger partial charge in [-0.05, 0) is 41.7 Å². The van der Waals surface area contributed by atoms with E-state index in [1.165, 1.54) is 0 Å². The first-order valence-corrected chi connectivity index (χ1v) is 13.1. The summed E-state index contributed by atoms with van der Waals surface area (Å²) < 4.78 is 13.2. The fourth-order valence-electron chi connectivity index (χ4n) is 4.71. The summed E-state index contributed by atoms with van der Waals surface area (Å²) >= 11 is 0. The molecule has 2 aliphatic rings. The molecule has 1 fully saturated rings. The number of imidazole rings is 1. The molecule has 0 saturated carbocycles. The average Bonchev–Trinajstić information content (AvgIpc) is 3.54. The molecular weight excluding hydrogens is 514 g/mol. The lowest BCUT2D eigenvalue weighted by Crippen LogP contribution is -2.31. The number of hydrogen-bond acceptors (Lipinski definition) is 7. The van der Waals surface area contributed by atoms with Gasteiger partial charge >= 0.3 is 0 Å². The fourth-order valence-corrected chi connectivity index (χ4v) is 4.71. The van der Waals surface area contributed by atoms with Gasteiger partial charge in [-0.2, -0.15) is 0 Å². The zero-order valence-electron chi connectivity index (χ0n) is 22.7. The first-order chi connectivity index (χ1) is 19.2. The molecule has 2 aliphatic heterocycles. The minimum Gasteiger partial charge on any atom is -0.507 e. The van der Waals surface area contributed by atoms with Crippen LogP contribution in [-0.2, 0) is 20.9 Å². The Morgan fingerprint density at radius 3 is 2.33 bits per heavy atom. The van der Waals surface area contributed by atoms with Gasteiger partial charge in [0.25, 0.3) is 17.7 Å². The normalized spacial score (nSPS) is 17.5. The zero-order chi connectivity index (χ0) is 28.8. The molecular formula is C30H33N3O7. The molecule has 1 atom stereocenters. The van der Waals surface area contributed by atoms with Gasteiger partial charge in [0, 0.05) is 38.0 Å². The van der Waals surface area contributed by atoms with E-state index < -0.39 is 23.7 Å². The van der Waals surface area contributed by atoms with Gasteiger partial charge in [0.2, 0.25) is 0 Å². The van der Waals surface area contributed by atoms with Crippen molar-refractivity contribution in [2.75, 3.05) is 19.8 Å². The van der Waals surface area contributed by atoms with E-state index >= 15 is 0 Å². The number of aliphatic hydroxyl groups excluding tert-OH is 1. The maximum absolute atomic E-state index is 13.3. The van der Waals surface area contributed by atoms with E-state index in [0.29, 0.717) is 55.7 Å². The predicted octanol–water partition coefficient (Wildman–Crippen LogP) is 4.38. The van der Waals surface area contributed by atoms with E-state index in [9.17, 15) is 14.7 Å². The van der Waals surface area contributed by atoms with Crippen LogP contribution in [0.5, 0.6) is 11.5 Å². The van der Waals surface area contributed by atoms with E-state index in [4.69, 9.17) is 19.4 Å². The number of aryl methyl sites for hydroxylation is 1. The van der Waals surface area contributed by atoms with Crippen molar-refractivity contribution < 1.29 is 34.1 Å². The Hall–Kier alpha value is -4.60. The minimum absolute atomic E-state index is 0.0802. The highest BCUT2D eigenvalue weighted by molar-refractivity contribution is 6.46. The Morgan fingerprint density at radius 1 is 1.02 bits per heavy atom. The van der Waals surface area contributed by atoms with Crippen molar-refractivity contribution in [3.05, 3.63) is 83.4 Å². The Labute approximate surface area is 232 Å². The lowest BCUT2D eigenvalue weighted by atomic mass is 9.93. The highest BCUT2D eigenvalue weighted by Crippen LogP contribution is 2.41. The van der Waals surface area contributed by atoms with E-state index in [1.807, 2.05) is 35.0 Å². The molecule has 3 aromatic rings. The number of amides is 1. The molecule has 1 amide bonds. The number of rotatable bonds is 7. The van der Waals surface area contributed by atoms with Gasteiger partial charge in [0.1, 0.15) is 19.0 Å². The number of carboxylic acid groups (broad SMARTS) is 1. The van der Waals surface area contributed by atoms with Crippen molar-refractivity contribution in [3.63, 3.8) is 0 Å². The van der Waals surface area contributed by atoms with Crippen LogP contribution in [-0.4, -0.2) is 62.1 Å². The molecule has 1 saturated heterocycles. The van der Waals surface area contributed by atoms with Gasteiger partial charge < -0.3 is 29.2 Å². The van der Waals surface area contributed by atoms with Crippen LogP contribution in [0, 0.1) is 0 Å². The topological polar surface area (TPSA) is 131 Å².